The Hall–Kier alpha value is -1.53. The highest BCUT2D eigenvalue weighted by molar-refractivity contribution is 7.80. The van der Waals surface area contributed by atoms with Crippen LogP contribution in [0.25, 0.3) is 0 Å². The molecule has 0 unspecified atom stereocenters. The van der Waals surface area contributed by atoms with E-state index in [1.54, 1.807) is 23.6 Å². The van der Waals surface area contributed by atoms with Crippen molar-refractivity contribution < 1.29 is 0 Å². The highest BCUT2D eigenvalue weighted by Crippen LogP contribution is 2.12. The molecule has 0 bridgehead atoms. The maximum atomic E-state index is 5.47. The average Bonchev–Trinajstić information content (AvgIpc) is 2.73. The zero-order valence-corrected chi connectivity index (χ0v) is 10.9. The van der Waals surface area contributed by atoms with Gasteiger partial charge in [0.15, 0.2) is 0 Å². The normalized spacial score (nSPS) is 10.2. The quantitative estimate of drug-likeness (QED) is 0.828. The van der Waals surface area contributed by atoms with Crippen molar-refractivity contribution in [2.45, 2.75) is 13.5 Å². The molecule has 2 aromatic heterocycles. The number of pyridine rings is 1. The summed E-state index contributed by atoms with van der Waals surface area (Å²) in [6.07, 6.45) is 1.72. The van der Waals surface area contributed by atoms with Gasteiger partial charge in [-0.1, -0.05) is 12.2 Å². The first-order chi connectivity index (χ1) is 8.15. The van der Waals surface area contributed by atoms with E-state index in [1.807, 2.05) is 18.4 Å². The number of aromatic nitrogens is 2. The number of nitrogens with one attached hydrogen (secondary N) is 1. The zero-order valence-electron chi connectivity index (χ0n) is 9.30. The van der Waals surface area contributed by atoms with Gasteiger partial charge in [-0.25, -0.2) is 4.98 Å². The molecule has 0 radical (unpaired) electrons. The van der Waals surface area contributed by atoms with Crippen LogP contribution in [0.3, 0.4) is 0 Å². The molecule has 0 saturated heterocycles. The summed E-state index contributed by atoms with van der Waals surface area (Å²) in [5.74, 6) is 0. The summed E-state index contributed by atoms with van der Waals surface area (Å²) >= 11 is 6.48. The van der Waals surface area contributed by atoms with Crippen LogP contribution in [-0.2, 0) is 6.54 Å². The smallest absolute Gasteiger partial charge is 0.122 e. The van der Waals surface area contributed by atoms with E-state index in [0.717, 1.165) is 16.4 Å². The molecule has 0 saturated carbocycles. The molecule has 4 nitrogen and oxygen atoms in total. The molecule has 0 aliphatic heterocycles. The Morgan fingerprint density at radius 2 is 2.35 bits per heavy atom. The number of nitrogens with zero attached hydrogens (tertiary/aromatic N) is 2. The lowest BCUT2D eigenvalue weighted by Crippen LogP contribution is -2.11. The number of anilines is 1. The zero-order chi connectivity index (χ0) is 12.3. The molecule has 0 aliphatic carbocycles. The molecule has 6 heteroatoms. The van der Waals surface area contributed by atoms with E-state index in [4.69, 9.17) is 18.0 Å². The van der Waals surface area contributed by atoms with E-state index in [0.29, 0.717) is 17.2 Å². The van der Waals surface area contributed by atoms with Crippen molar-refractivity contribution in [2.24, 2.45) is 5.73 Å². The summed E-state index contributed by atoms with van der Waals surface area (Å²) < 4.78 is 0. The van der Waals surface area contributed by atoms with Crippen LogP contribution in [-0.4, -0.2) is 15.0 Å². The van der Waals surface area contributed by atoms with Crippen LogP contribution >= 0.6 is 23.6 Å². The molecule has 2 rings (SSSR count). The molecule has 0 aliphatic rings. The minimum atomic E-state index is 0.312. The predicted octanol–water partition coefficient (Wildman–Crippen LogP) is 2.09. The number of hydrogen-bond acceptors (Lipinski definition) is 5. The molecule has 2 heterocycles. The SMILES string of the molecule is Cc1csc(CNc2ccc(C(N)=S)nc2)n1. The molecular weight excluding hydrogens is 252 g/mol. The third kappa shape index (κ3) is 3.21. The average molecular weight is 264 g/mol. The fourth-order valence-electron chi connectivity index (χ4n) is 1.31. The Bertz CT molecular complexity index is 519. The second-order valence-electron chi connectivity index (χ2n) is 3.53. The van der Waals surface area contributed by atoms with Gasteiger partial charge in [0.2, 0.25) is 0 Å². The highest BCUT2D eigenvalue weighted by atomic mass is 32.1. The molecule has 0 amide bonds. The monoisotopic (exact) mass is 264 g/mol. The Morgan fingerprint density at radius 3 is 2.88 bits per heavy atom. The van der Waals surface area contributed by atoms with Crippen molar-refractivity contribution >= 4 is 34.2 Å². The summed E-state index contributed by atoms with van der Waals surface area (Å²) in [6.45, 7) is 2.69. The molecule has 17 heavy (non-hydrogen) atoms. The molecule has 0 atom stereocenters. The molecular formula is C11H12N4S2. The second kappa shape index (κ2) is 5.20. The fourth-order valence-corrected chi connectivity index (χ4v) is 2.14. The van der Waals surface area contributed by atoms with E-state index in [9.17, 15) is 0 Å². The van der Waals surface area contributed by atoms with E-state index in [2.05, 4.69) is 15.3 Å². The first-order valence-corrected chi connectivity index (χ1v) is 6.34. The van der Waals surface area contributed by atoms with Gasteiger partial charge >= 0.3 is 0 Å². The van der Waals surface area contributed by atoms with Crippen molar-refractivity contribution in [3.05, 3.63) is 40.1 Å². The topological polar surface area (TPSA) is 63.8 Å². The fraction of sp³-hybridized carbons (Fsp3) is 0.182. The van der Waals surface area contributed by atoms with Gasteiger partial charge in [0.1, 0.15) is 10.00 Å². The Balaban J connectivity index is 1.97. The molecule has 88 valence electrons. The van der Waals surface area contributed by atoms with Crippen LogP contribution in [0.5, 0.6) is 0 Å². The summed E-state index contributed by atoms with van der Waals surface area (Å²) in [6, 6.07) is 3.71. The number of aryl methyl sites for hydroxylation is 1. The first kappa shape index (κ1) is 11.9. The van der Waals surface area contributed by atoms with Crippen LogP contribution in [0.1, 0.15) is 16.4 Å². The molecule has 0 spiro atoms. The van der Waals surface area contributed by atoms with Gasteiger partial charge in [-0.15, -0.1) is 11.3 Å². The van der Waals surface area contributed by atoms with Crippen LogP contribution in [0.2, 0.25) is 0 Å². The number of thiazole rings is 1. The van der Waals surface area contributed by atoms with Gasteiger partial charge in [0.05, 0.1) is 24.1 Å². The Morgan fingerprint density at radius 1 is 1.53 bits per heavy atom. The van der Waals surface area contributed by atoms with Crippen molar-refractivity contribution in [1.29, 1.82) is 0 Å². The molecule has 0 fully saturated rings. The minimum absolute atomic E-state index is 0.312. The third-order valence-corrected chi connectivity index (χ3v) is 3.30. The maximum Gasteiger partial charge on any atom is 0.122 e. The first-order valence-electron chi connectivity index (χ1n) is 5.06. The van der Waals surface area contributed by atoms with Gasteiger partial charge in [0.25, 0.3) is 0 Å². The number of nitrogens with two attached hydrogens (primary N) is 1. The van der Waals surface area contributed by atoms with E-state index in [1.165, 1.54) is 0 Å². The van der Waals surface area contributed by atoms with E-state index < -0.39 is 0 Å². The lowest BCUT2D eigenvalue weighted by atomic mass is 10.3. The largest absolute Gasteiger partial charge is 0.388 e. The molecule has 2 aromatic rings. The Kier molecular flexibility index (Phi) is 3.65. The van der Waals surface area contributed by atoms with Crippen LogP contribution < -0.4 is 11.1 Å². The van der Waals surface area contributed by atoms with Crippen molar-refractivity contribution in [2.75, 3.05) is 5.32 Å². The van der Waals surface area contributed by atoms with Gasteiger partial charge in [0, 0.05) is 11.1 Å². The van der Waals surface area contributed by atoms with Crippen LogP contribution in [0.4, 0.5) is 5.69 Å². The predicted molar refractivity (Wildman–Crippen MR) is 74.3 cm³/mol. The van der Waals surface area contributed by atoms with Crippen molar-refractivity contribution in [3.63, 3.8) is 0 Å². The second-order valence-corrected chi connectivity index (χ2v) is 4.92. The standard InChI is InChI=1S/C11H12N4S2/c1-7-6-17-10(15-7)5-13-8-2-3-9(11(12)16)14-4-8/h2-4,6,13H,5H2,1H3,(H2,12,16). The molecule has 0 aromatic carbocycles. The maximum absolute atomic E-state index is 5.47. The number of thiocarbonyl (C=S) groups is 1. The summed E-state index contributed by atoms with van der Waals surface area (Å²) in [7, 11) is 0. The van der Waals surface area contributed by atoms with E-state index >= 15 is 0 Å². The molecule has 3 N–H and O–H groups in total. The lowest BCUT2D eigenvalue weighted by molar-refractivity contribution is 1.07. The van der Waals surface area contributed by atoms with Gasteiger partial charge in [-0.2, -0.15) is 0 Å². The third-order valence-electron chi connectivity index (χ3n) is 2.13. The van der Waals surface area contributed by atoms with Gasteiger partial charge < -0.3 is 11.1 Å². The van der Waals surface area contributed by atoms with E-state index in [-0.39, 0.29) is 0 Å². The summed E-state index contributed by atoms with van der Waals surface area (Å²) in [5.41, 5.74) is 8.08. The van der Waals surface area contributed by atoms with Gasteiger partial charge in [-0.3, -0.25) is 4.98 Å². The van der Waals surface area contributed by atoms with Gasteiger partial charge in [-0.05, 0) is 19.1 Å². The van der Waals surface area contributed by atoms with Crippen LogP contribution in [0.15, 0.2) is 23.7 Å². The van der Waals surface area contributed by atoms with Crippen LogP contribution in [0, 0.1) is 6.92 Å². The highest BCUT2D eigenvalue weighted by Gasteiger charge is 2.00. The minimum Gasteiger partial charge on any atom is -0.388 e. The Labute approximate surface area is 109 Å². The lowest BCUT2D eigenvalue weighted by Gasteiger charge is -2.04. The van der Waals surface area contributed by atoms with Crippen molar-refractivity contribution in [1.82, 2.24) is 9.97 Å². The number of hydrogen-bond donors (Lipinski definition) is 2. The number of rotatable bonds is 4. The van der Waals surface area contributed by atoms with Crippen molar-refractivity contribution in [3.8, 4) is 0 Å². The summed E-state index contributed by atoms with van der Waals surface area (Å²) in [5, 5.41) is 6.33. The summed E-state index contributed by atoms with van der Waals surface area (Å²) in [4.78, 5) is 8.83.